The molecule has 0 aromatic heterocycles. The number of aliphatic hydroxyl groups is 2. The number of allylic oxidation sites excluding steroid dienone is 2. The van der Waals surface area contributed by atoms with Crippen LogP contribution in [0, 0.1) is 34.5 Å². The van der Waals surface area contributed by atoms with Crippen LogP contribution in [0.15, 0.2) is 12.2 Å². The number of rotatable bonds is 0. The lowest BCUT2D eigenvalue weighted by atomic mass is 9.44. The van der Waals surface area contributed by atoms with E-state index in [2.05, 4.69) is 26.0 Å². The molecule has 2 nitrogen and oxygen atoms in total. The summed E-state index contributed by atoms with van der Waals surface area (Å²) in [6.07, 6.45) is 12.2. The molecular formula is C19H30O2. The van der Waals surface area contributed by atoms with E-state index in [0.717, 1.165) is 25.7 Å². The van der Waals surface area contributed by atoms with E-state index < -0.39 is 0 Å². The fraction of sp³-hybridized carbons (Fsp3) is 0.895. The average Bonchev–Trinajstić information content (AvgIpc) is 2.83. The first kappa shape index (κ1) is 14.3. The molecule has 21 heavy (non-hydrogen) atoms. The fourth-order valence-electron chi connectivity index (χ4n) is 6.77. The summed E-state index contributed by atoms with van der Waals surface area (Å²) in [5, 5.41) is 21.7. The van der Waals surface area contributed by atoms with Crippen LogP contribution in [0.3, 0.4) is 0 Å². The molecule has 4 aliphatic rings. The topological polar surface area (TPSA) is 40.5 Å². The minimum atomic E-state index is -0.157. The van der Waals surface area contributed by atoms with Crippen molar-refractivity contribution in [2.45, 2.75) is 71.0 Å². The third-order valence-electron chi connectivity index (χ3n) is 8.06. The van der Waals surface area contributed by atoms with Gasteiger partial charge in [-0.25, -0.2) is 0 Å². The highest BCUT2D eigenvalue weighted by atomic mass is 16.3. The molecule has 8 atom stereocenters. The maximum Gasteiger partial charge on any atom is 0.0599 e. The highest BCUT2D eigenvalue weighted by molar-refractivity contribution is 5.18. The maximum absolute atomic E-state index is 10.9. The standard InChI is InChI=1S/C19H30O2/c1-18-9-4-6-13(18)17-14(8-10-18)19(2)12(11-15(17)20)5-3-7-16(19)21/h4,9,12-17,20-21H,3,5-8,10-11H2,1-2H3/t12-,13+,14+,15?,16?,17+,18+,19+/m1/s1. The van der Waals surface area contributed by atoms with Crippen LogP contribution in [0.2, 0.25) is 0 Å². The number of hydrogen-bond donors (Lipinski definition) is 2. The molecule has 0 bridgehead atoms. The highest BCUT2D eigenvalue weighted by Crippen LogP contribution is 2.64. The zero-order valence-electron chi connectivity index (χ0n) is 13.5. The van der Waals surface area contributed by atoms with Crippen molar-refractivity contribution in [2.24, 2.45) is 34.5 Å². The van der Waals surface area contributed by atoms with E-state index in [-0.39, 0.29) is 17.6 Å². The Morgan fingerprint density at radius 1 is 1.05 bits per heavy atom. The van der Waals surface area contributed by atoms with Crippen molar-refractivity contribution in [1.29, 1.82) is 0 Å². The first-order valence-electron chi connectivity index (χ1n) is 9.00. The van der Waals surface area contributed by atoms with Crippen LogP contribution in [-0.4, -0.2) is 22.4 Å². The molecule has 0 radical (unpaired) electrons. The predicted molar refractivity (Wildman–Crippen MR) is 83.6 cm³/mol. The van der Waals surface area contributed by atoms with Crippen LogP contribution in [0.4, 0.5) is 0 Å². The Balaban J connectivity index is 1.72. The molecule has 2 heteroatoms. The van der Waals surface area contributed by atoms with E-state index in [4.69, 9.17) is 0 Å². The zero-order valence-corrected chi connectivity index (χ0v) is 13.5. The molecule has 0 spiro atoms. The predicted octanol–water partition coefficient (Wildman–Crippen LogP) is 3.53. The fourth-order valence-corrected chi connectivity index (χ4v) is 6.77. The van der Waals surface area contributed by atoms with Gasteiger partial charge >= 0.3 is 0 Å². The van der Waals surface area contributed by atoms with E-state index in [1.54, 1.807) is 0 Å². The van der Waals surface area contributed by atoms with Gasteiger partial charge < -0.3 is 10.2 Å². The van der Waals surface area contributed by atoms with Crippen molar-refractivity contribution in [3.63, 3.8) is 0 Å². The van der Waals surface area contributed by atoms with Crippen LogP contribution >= 0.6 is 0 Å². The highest BCUT2D eigenvalue weighted by Gasteiger charge is 2.61. The number of fused-ring (bicyclic) bond motifs is 5. The van der Waals surface area contributed by atoms with E-state index in [1.165, 1.54) is 19.3 Å². The molecule has 0 saturated heterocycles. The summed E-state index contributed by atoms with van der Waals surface area (Å²) in [5.74, 6) is 2.03. The van der Waals surface area contributed by atoms with Gasteiger partial charge in [-0.1, -0.05) is 32.4 Å². The lowest BCUT2D eigenvalue weighted by Gasteiger charge is -2.62. The summed E-state index contributed by atoms with van der Waals surface area (Å²) in [5.41, 5.74) is 0.344. The summed E-state index contributed by atoms with van der Waals surface area (Å²) in [6.45, 7) is 4.73. The smallest absolute Gasteiger partial charge is 0.0599 e. The Morgan fingerprint density at radius 3 is 2.67 bits per heavy atom. The molecule has 0 aliphatic heterocycles. The second-order valence-electron chi connectivity index (χ2n) is 8.79. The van der Waals surface area contributed by atoms with Crippen molar-refractivity contribution in [3.05, 3.63) is 12.2 Å². The van der Waals surface area contributed by atoms with Gasteiger partial charge in [0.05, 0.1) is 12.2 Å². The van der Waals surface area contributed by atoms with Gasteiger partial charge in [-0.05, 0) is 73.0 Å². The minimum Gasteiger partial charge on any atom is -0.393 e. The second-order valence-corrected chi connectivity index (χ2v) is 8.79. The van der Waals surface area contributed by atoms with Crippen LogP contribution in [0.1, 0.15) is 58.8 Å². The molecule has 0 aromatic carbocycles. The van der Waals surface area contributed by atoms with Crippen LogP contribution in [0.5, 0.6) is 0 Å². The Morgan fingerprint density at radius 2 is 1.86 bits per heavy atom. The molecule has 2 unspecified atom stereocenters. The minimum absolute atomic E-state index is 0.0477. The molecule has 4 rings (SSSR count). The summed E-state index contributed by atoms with van der Waals surface area (Å²) in [7, 11) is 0. The Hall–Kier alpha value is -0.340. The molecule has 0 aromatic rings. The molecule has 0 amide bonds. The van der Waals surface area contributed by atoms with E-state index >= 15 is 0 Å². The van der Waals surface area contributed by atoms with E-state index in [0.29, 0.717) is 29.1 Å². The van der Waals surface area contributed by atoms with Gasteiger partial charge in [0, 0.05) is 0 Å². The monoisotopic (exact) mass is 290 g/mol. The Kier molecular flexibility index (Phi) is 3.11. The van der Waals surface area contributed by atoms with Gasteiger partial charge in [0.1, 0.15) is 0 Å². The van der Waals surface area contributed by atoms with Gasteiger partial charge in [-0.2, -0.15) is 0 Å². The van der Waals surface area contributed by atoms with E-state index in [9.17, 15) is 10.2 Å². The van der Waals surface area contributed by atoms with Gasteiger partial charge in [0.15, 0.2) is 0 Å². The molecule has 3 saturated carbocycles. The summed E-state index contributed by atoms with van der Waals surface area (Å²) < 4.78 is 0. The average molecular weight is 290 g/mol. The molecule has 3 fully saturated rings. The third-order valence-corrected chi connectivity index (χ3v) is 8.06. The molecule has 2 N–H and O–H groups in total. The van der Waals surface area contributed by atoms with E-state index in [1.807, 2.05) is 0 Å². The van der Waals surface area contributed by atoms with Gasteiger partial charge in [-0.3, -0.25) is 0 Å². The summed E-state index contributed by atoms with van der Waals surface area (Å²) in [6, 6.07) is 0. The van der Waals surface area contributed by atoms with Crippen molar-refractivity contribution in [3.8, 4) is 0 Å². The maximum atomic E-state index is 10.9. The van der Waals surface area contributed by atoms with Gasteiger partial charge in [0.25, 0.3) is 0 Å². The molecular weight excluding hydrogens is 260 g/mol. The van der Waals surface area contributed by atoms with Gasteiger partial charge in [-0.15, -0.1) is 0 Å². The lowest BCUT2D eigenvalue weighted by Crippen LogP contribution is -2.61. The number of aliphatic hydroxyl groups excluding tert-OH is 2. The Labute approximate surface area is 128 Å². The SMILES string of the molecule is C[C@]12C(O)CCC[C@@H]1CC(O)[C@@H]1[C@@H]2CC[C@]2(C)C=CC[C@@H]12. The van der Waals surface area contributed by atoms with Crippen molar-refractivity contribution in [2.75, 3.05) is 0 Å². The van der Waals surface area contributed by atoms with Crippen LogP contribution in [-0.2, 0) is 0 Å². The lowest BCUT2D eigenvalue weighted by molar-refractivity contribution is -0.192. The largest absolute Gasteiger partial charge is 0.393 e. The zero-order chi connectivity index (χ0) is 14.8. The van der Waals surface area contributed by atoms with Crippen molar-refractivity contribution < 1.29 is 10.2 Å². The van der Waals surface area contributed by atoms with Gasteiger partial charge in [0.2, 0.25) is 0 Å². The molecule has 118 valence electrons. The molecule has 0 heterocycles. The Bertz CT molecular complexity index is 458. The first-order chi connectivity index (χ1) is 9.97. The first-order valence-corrected chi connectivity index (χ1v) is 9.00. The quantitative estimate of drug-likeness (QED) is 0.670. The third kappa shape index (κ3) is 1.78. The normalized spacial score (nSPS) is 59.2. The summed E-state index contributed by atoms with van der Waals surface area (Å²) in [4.78, 5) is 0. The molecule has 4 aliphatic carbocycles. The number of hydrogen-bond acceptors (Lipinski definition) is 2. The van der Waals surface area contributed by atoms with Crippen LogP contribution < -0.4 is 0 Å². The van der Waals surface area contributed by atoms with Crippen molar-refractivity contribution >= 4 is 0 Å². The van der Waals surface area contributed by atoms with Crippen molar-refractivity contribution in [1.82, 2.24) is 0 Å². The van der Waals surface area contributed by atoms with Crippen LogP contribution in [0.25, 0.3) is 0 Å². The second kappa shape index (κ2) is 4.58. The summed E-state index contributed by atoms with van der Waals surface area (Å²) >= 11 is 0.